The van der Waals surface area contributed by atoms with Crippen molar-refractivity contribution in [1.82, 2.24) is 0 Å². The molecule has 1 heterocycles. The molecule has 0 aliphatic carbocycles. The normalized spacial score (nSPS) is 14.0. The molecular weight excluding hydrogens is 272 g/mol. The Hall–Kier alpha value is -2.69. The first kappa shape index (κ1) is 13.3. The zero-order valence-electron chi connectivity index (χ0n) is 11.4. The van der Waals surface area contributed by atoms with Crippen molar-refractivity contribution in [3.8, 4) is 23.0 Å². The molecule has 0 fully saturated rings. The Kier molecular flexibility index (Phi) is 3.17. The van der Waals surface area contributed by atoms with Gasteiger partial charge in [0.25, 0.3) is 0 Å². The molecule has 0 amide bonds. The Labute approximate surface area is 121 Å². The number of aromatic hydroxyl groups is 2. The Morgan fingerprint density at radius 1 is 1.10 bits per heavy atom. The molecule has 2 aromatic carbocycles. The van der Waals surface area contributed by atoms with Gasteiger partial charge in [-0.25, -0.2) is 0 Å². The maximum absolute atomic E-state index is 12.5. The summed E-state index contributed by atoms with van der Waals surface area (Å²) in [6.07, 6.45) is 0. The lowest BCUT2D eigenvalue weighted by Gasteiger charge is -2.12. The van der Waals surface area contributed by atoms with Crippen LogP contribution in [0.1, 0.15) is 28.8 Å². The number of carbonyl (C=O) groups is 1. The average molecular weight is 286 g/mol. The van der Waals surface area contributed by atoms with Crippen LogP contribution in [-0.4, -0.2) is 22.8 Å². The molecule has 1 aliphatic heterocycles. The molecule has 0 saturated heterocycles. The lowest BCUT2D eigenvalue weighted by molar-refractivity contribution is 0.0963. The van der Waals surface area contributed by atoms with Gasteiger partial charge in [0.2, 0.25) is 6.79 Å². The summed E-state index contributed by atoms with van der Waals surface area (Å²) in [6, 6.07) is 9.30. The van der Waals surface area contributed by atoms with E-state index in [9.17, 15) is 15.0 Å². The SMILES string of the molecule is CC(C(=O)c1cc2c(cc1O)OCO2)c1ccc(O)cc1. The number of hydrogen-bond donors (Lipinski definition) is 2. The molecule has 108 valence electrons. The van der Waals surface area contributed by atoms with Gasteiger partial charge in [0, 0.05) is 12.0 Å². The molecule has 2 aromatic rings. The van der Waals surface area contributed by atoms with Gasteiger partial charge in [-0.2, -0.15) is 0 Å². The number of carbonyl (C=O) groups excluding carboxylic acids is 1. The first-order valence-corrected chi connectivity index (χ1v) is 6.52. The third-order valence-electron chi connectivity index (χ3n) is 3.54. The van der Waals surface area contributed by atoms with Crippen LogP contribution in [0.25, 0.3) is 0 Å². The van der Waals surface area contributed by atoms with Crippen LogP contribution in [0.4, 0.5) is 0 Å². The topological polar surface area (TPSA) is 76.0 Å². The standard InChI is InChI=1S/C16H14O5/c1-9(10-2-4-11(17)5-3-10)16(19)12-6-14-15(7-13(12)18)21-8-20-14/h2-7,9,17-18H,8H2,1H3. The zero-order valence-corrected chi connectivity index (χ0v) is 11.4. The molecule has 0 radical (unpaired) electrons. The van der Waals surface area contributed by atoms with Gasteiger partial charge in [0.05, 0.1) is 5.56 Å². The number of ether oxygens (including phenoxy) is 2. The highest BCUT2D eigenvalue weighted by Crippen LogP contribution is 2.39. The second kappa shape index (κ2) is 5.01. The van der Waals surface area contributed by atoms with E-state index >= 15 is 0 Å². The summed E-state index contributed by atoms with van der Waals surface area (Å²) in [5.41, 5.74) is 0.953. The summed E-state index contributed by atoms with van der Waals surface area (Å²) in [7, 11) is 0. The van der Waals surface area contributed by atoms with Gasteiger partial charge >= 0.3 is 0 Å². The van der Waals surface area contributed by atoms with Gasteiger partial charge in [-0.1, -0.05) is 19.1 Å². The first-order valence-electron chi connectivity index (χ1n) is 6.52. The van der Waals surface area contributed by atoms with Crippen LogP contribution in [0.2, 0.25) is 0 Å². The van der Waals surface area contributed by atoms with Crippen molar-refractivity contribution < 1.29 is 24.5 Å². The van der Waals surface area contributed by atoms with E-state index in [2.05, 4.69) is 0 Å². The quantitative estimate of drug-likeness (QED) is 0.848. The van der Waals surface area contributed by atoms with Crippen molar-refractivity contribution in [3.63, 3.8) is 0 Å². The third kappa shape index (κ3) is 2.38. The van der Waals surface area contributed by atoms with Crippen molar-refractivity contribution in [3.05, 3.63) is 47.5 Å². The minimum atomic E-state index is -0.447. The molecule has 5 nitrogen and oxygen atoms in total. The van der Waals surface area contributed by atoms with Crippen LogP contribution in [0.15, 0.2) is 36.4 Å². The van der Waals surface area contributed by atoms with Crippen molar-refractivity contribution in [2.45, 2.75) is 12.8 Å². The second-order valence-corrected chi connectivity index (χ2v) is 4.90. The highest BCUT2D eigenvalue weighted by Gasteiger charge is 2.24. The van der Waals surface area contributed by atoms with Gasteiger partial charge in [-0.05, 0) is 23.8 Å². The lowest BCUT2D eigenvalue weighted by Crippen LogP contribution is -2.09. The molecule has 0 saturated carbocycles. The lowest BCUT2D eigenvalue weighted by atomic mass is 9.91. The van der Waals surface area contributed by atoms with Crippen molar-refractivity contribution >= 4 is 5.78 Å². The van der Waals surface area contributed by atoms with Crippen LogP contribution in [0.5, 0.6) is 23.0 Å². The van der Waals surface area contributed by atoms with E-state index in [0.29, 0.717) is 11.5 Å². The van der Waals surface area contributed by atoms with Crippen LogP contribution in [0.3, 0.4) is 0 Å². The van der Waals surface area contributed by atoms with Crippen molar-refractivity contribution in [2.75, 3.05) is 6.79 Å². The molecule has 3 rings (SSSR count). The highest BCUT2D eigenvalue weighted by atomic mass is 16.7. The molecule has 1 unspecified atom stereocenters. The van der Waals surface area contributed by atoms with E-state index in [1.54, 1.807) is 19.1 Å². The molecule has 2 N–H and O–H groups in total. The largest absolute Gasteiger partial charge is 0.508 e. The minimum absolute atomic E-state index is 0.0833. The number of hydrogen-bond acceptors (Lipinski definition) is 5. The number of benzene rings is 2. The smallest absolute Gasteiger partial charge is 0.231 e. The summed E-state index contributed by atoms with van der Waals surface area (Å²) in [5, 5.41) is 19.3. The fourth-order valence-electron chi connectivity index (χ4n) is 2.28. The summed E-state index contributed by atoms with van der Waals surface area (Å²) >= 11 is 0. The molecule has 1 atom stereocenters. The fraction of sp³-hybridized carbons (Fsp3) is 0.188. The van der Waals surface area contributed by atoms with Crippen molar-refractivity contribution in [1.29, 1.82) is 0 Å². The number of rotatable bonds is 3. The average Bonchev–Trinajstić information content (AvgIpc) is 2.93. The van der Waals surface area contributed by atoms with E-state index in [0.717, 1.165) is 5.56 Å². The predicted octanol–water partition coefficient (Wildman–Crippen LogP) is 2.81. The predicted molar refractivity (Wildman–Crippen MR) is 75.1 cm³/mol. The first-order chi connectivity index (χ1) is 10.1. The van der Waals surface area contributed by atoms with Gasteiger partial charge in [-0.15, -0.1) is 0 Å². The number of fused-ring (bicyclic) bond motifs is 1. The van der Waals surface area contributed by atoms with Gasteiger partial charge < -0.3 is 19.7 Å². The molecule has 0 spiro atoms. The number of phenols is 2. The molecule has 21 heavy (non-hydrogen) atoms. The summed E-state index contributed by atoms with van der Waals surface area (Å²) < 4.78 is 10.4. The monoisotopic (exact) mass is 286 g/mol. The zero-order chi connectivity index (χ0) is 15.0. The number of ketones is 1. The van der Waals surface area contributed by atoms with E-state index in [4.69, 9.17) is 9.47 Å². The summed E-state index contributed by atoms with van der Waals surface area (Å²) in [4.78, 5) is 12.5. The summed E-state index contributed by atoms with van der Waals surface area (Å²) in [6.45, 7) is 1.83. The fourth-order valence-corrected chi connectivity index (χ4v) is 2.28. The second-order valence-electron chi connectivity index (χ2n) is 4.90. The van der Waals surface area contributed by atoms with Gasteiger partial charge in [-0.3, -0.25) is 4.79 Å². The molecule has 0 aromatic heterocycles. The third-order valence-corrected chi connectivity index (χ3v) is 3.54. The Bertz CT molecular complexity index is 691. The Morgan fingerprint density at radius 2 is 1.71 bits per heavy atom. The number of Topliss-reactive ketones (excluding diaryl/α,β-unsaturated/α-hetero) is 1. The molecular formula is C16H14O5. The van der Waals surface area contributed by atoms with E-state index in [1.807, 2.05) is 0 Å². The minimum Gasteiger partial charge on any atom is -0.508 e. The highest BCUT2D eigenvalue weighted by molar-refractivity contribution is 6.03. The Balaban J connectivity index is 1.93. The van der Waals surface area contributed by atoms with Crippen LogP contribution in [-0.2, 0) is 0 Å². The van der Waals surface area contributed by atoms with Crippen LogP contribution in [0, 0.1) is 0 Å². The maximum atomic E-state index is 12.5. The molecule has 5 heteroatoms. The summed E-state index contributed by atoms with van der Waals surface area (Å²) in [5.74, 6) is 0.225. The Morgan fingerprint density at radius 3 is 2.38 bits per heavy atom. The van der Waals surface area contributed by atoms with E-state index in [1.165, 1.54) is 24.3 Å². The maximum Gasteiger partial charge on any atom is 0.231 e. The molecule has 1 aliphatic rings. The van der Waals surface area contributed by atoms with Gasteiger partial charge in [0.15, 0.2) is 17.3 Å². The molecule has 0 bridgehead atoms. The number of phenolic OH excluding ortho intramolecular Hbond substituents is 2. The van der Waals surface area contributed by atoms with E-state index in [-0.39, 0.29) is 29.6 Å². The van der Waals surface area contributed by atoms with Crippen molar-refractivity contribution in [2.24, 2.45) is 0 Å². The van der Waals surface area contributed by atoms with E-state index < -0.39 is 5.92 Å². The van der Waals surface area contributed by atoms with Crippen LogP contribution >= 0.6 is 0 Å². The van der Waals surface area contributed by atoms with Crippen LogP contribution < -0.4 is 9.47 Å². The van der Waals surface area contributed by atoms with Gasteiger partial charge in [0.1, 0.15) is 11.5 Å².